The fourth-order valence-electron chi connectivity index (χ4n) is 11.5. The molecule has 0 aromatic carbocycles. The van der Waals surface area contributed by atoms with E-state index in [0.29, 0.717) is 19.4 Å². The summed E-state index contributed by atoms with van der Waals surface area (Å²) in [5.74, 6) is -0.180. The number of aliphatic hydroxyl groups is 5. The summed E-state index contributed by atoms with van der Waals surface area (Å²) in [6, 6.07) is -0.827. The average Bonchev–Trinajstić information content (AvgIpc) is 3.66. The van der Waals surface area contributed by atoms with Gasteiger partial charge < -0.3 is 45.1 Å². The number of hydrogen-bond acceptors (Lipinski definition) is 10. The van der Waals surface area contributed by atoms with E-state index in [9.17, 15) is 35.1 Å². The molecule has 0 saturated carbocycles. The van der Waals surface area contributed by atoms with Crippen LogP contribution in [0.2, 0.25) is 0 Å². The van der Waals surface area contributed by atoms with Crippen LogP contribution in [-0.2, 0) is 23.8 Å². The zero-order valence-corrected chi connectivity index (χ0v) is 54.9. The lowest BCUT2D eigenvalue weighted by Gasteiger charge is -2.40. The maximum atomic E-state index is 13.1. The number of allylic oxidation sites excluding steroid dienone is 5. The van der Waals surface area contributed by atoms with Gasteiger partial charge in [-0.25, -0.2) is 0 Å². The van der Waals surface area contributed by atoms with Crippen molar-refractivity contribution in [1.82, 2.24) is 5.32 Å². The molecule has 7 unspecified atom stereocenters. The van der Waals surface area contributed by atoms with Crippen LogP contribution in [0.25, 0.3) is 0 Å². The summed E-state index contributed by atoms with van der Waals surface area (Å²) in [4.78, 5) is 25.1. The molecule has 6 N–H and O–H groups in total. The standard InChI is InChI=1S/C73H137NO10/c1-3-5-7-9-11-13-15-16-33-36-40-43-47-51-55-59-66(76)65(64-83-73-72(81)71(80)70(79)67(63-75)84-73)74-68(77)60-56-52-48-44-41-37-34-31-29-27-25-23-21-19-17-18-20-22-24-26-28-30-32-35-38-42-46-50-54-58-62-82-69(78)61-57-53-49-45-39-14-12-10-8-6-4-2/h18,20,40,43,55,59,65-67,70-73,75-76,79-81H,3-17,19,21-39,41-42,44-54,56-58,60-64H2,1-2H3,(H,74,77)/b20-18-,43-40+,59-55+. The molecule has 0 aromatic heterocycles. The predicted octanol–water partition coefficient (Wildman–Crippen LogP) is 18.6. The van der Waals surface area contributed by atoms with E-state index in [1.165, 1.54) is 270 Å². The number of rotatable bonds is 64. The minimum Gasteiger partial charge on any atom is -0.466 e. The SMILES string of the molecule is CCCCCCCCCCC/C=C/CC/C=C/C(O)C(COC1OC(CO)C(O)C(O)C1O)NC(=O)CCCCCCCCCCCCCCCC/C=C\CCCCCCCCCCCCCCOC(=O)CCCCCCCCCCCCC. The lowest BCUT2D eigenvalue weighted by Crippen LogP contribution is -2.60. The molecular weight excluding hydrogens is 1050 g/mol. The van der Waals surface area contributed by atoms with Gasteiger partial charge in [0, 0.05) is 12.8 Å². The minimum absolute atomic E-state index is 0.00862. The molecule has 1 aliphatic heterocycles. The van der Waals surface area contributed by atoms with Crippen LogP contribution in [0, 0.1) is 0 Å². The number of unbranched alkanes of at least 4 members (excludes halogenated alkanes) is 46. The number of carbonyl (C=O) groups excluding carboxylic acids is 2. The highest BCUT2D eigenvalue weighted by atomic mass is 16.7. The Labute approximate surface area is 517 Å². The lowest BCUT2D eigenvalue weighted by molar-refractivity contribution is -0.302. The summed E-state index contributed by atoms with van der Waals surface area (Å²) in [5.41, 5.74) is 0. The fraction of sp³-hybridized carbons (Fsp3) is 0.890. The molecule has 7 atom stereocenters. The van der Waals surface area contributed by atoms with Gasteiger partial charge in [0.05, 0.1) is 32.0 Å². The average molecular weight is 1190 g/mol. The van der Waals surface area contributed by atoms with E-state index >= 15 is 0 Å². The predicted molar refractivity (Wildman–Crippen MR) is 352 cm³/mol. The van der Waals surface area contributed by atoms with Crippen molar-refractivity contribution in [2.45, 2.75) is 397 Å². The summed E-state index contributed by atoms with van der Waals surface area (Å²) in [6.45, 7) is 4.36. The molecule has 1 amide bonds. The molecule has 0 radical (unpaired) electrons. The van der Waals surface area contributed by atoms with Gasteiger partial charge in [-0.15, -0.1) is 0 Å². The van der Waals surface area contributed by atoms with Gasteiger partial charge in [-0.1, -0.05) is 307 Å². The van der Waals surface area contributed by atoms with Crippen LogP contribution in [-0.4, -0.2) is 100 Å². The first-order chi connectivity index (χ1) is 41.2. The smallest absolute Gasteiger partial charge is 0.305 e. The molecule has 0 aliphatic carbocycles. The molecule has 0 aromatic rings. The van der Waals surface area contributed by atoms with Crippen LogP contribution in [0.3, 0.4) is 0 Å². The van der Waals surface area contributed by atoms with Crippen LogP contribution in [0.15, 0.2) is 36.5 Å². The lowest BCUT2D eigenvalue weighted by atomic mass is 9.99. The van der Waals surface area contributed by atoms with Crippen molar-refractivity contribution < 1.29 is 49.3 Å². The normalized spacial score (nSPS) is 18.2. The zero-order chi connectivity index (χ0) is 60.9. The Balaban J connectivity index is 2.00. The van der Waals surface area contributed by atoms with E-state index in [2.05, 4.69) is 43.5 Å². The van der Waals surface area contributed by atoms with E-state index in [-0.39, 0.29) is 18.5 Å². The third-order valence-corrected chi connectivity index (χ3v) is 17.2. The highest BCUT2D eigenvalue weighted by Crippen LogP contribution is 2.23. The van der Waals surface area contributed by atoms with Gasteiger partial charge in [-0.05, 0) is 70.6 Å². The van der Waals surface area contributed by atoms with E-state index in [1.807, 2.05) is 6.08 Å². The number of aliphatic hydroxyl groups excluding tert-OH is 5. The quantitative estimate of drug-likeness (QED) is 0.0195. The van der Waals surface area contributed by atoms with Crippen molar-refractivity contribution in [2.24, 2.45) is 0 Å². The minimum atomic E-state index is -1.58. The Morgan fingerprint density at radius 3 is 1.18 bits per heavy atom. The van der Waals surface area contributed by atoms with Gasteiger partial charge in [0.2, 0.25) is 5.91 Å². The summed E-state index contributed by atoms with van der Waals surface area (Å²) < 4.78 is 16.7. The molecule has 494 valence electrons. The topological polar surface area (TPSA) is 175 Å². The molecule has 84 heavy (non-hydrogen) atoms. The van der Waals surface area contributed by atoms with Crippen LogP contribution in [0.1, 0.15) is 354 Å². The van der Waals surface area contributed by atoms with Crippen molar-refractivity contribution in [3.05, 3.63) is 36.5 Å². The molecule has 1 saturated heterocycles. The monoisotopic (exact) mass is 1190 g/mol. The summed E-state index contributed by atoms with van der Waals surface area (Å²) in [5, 5.41) is 54.5. The van der Waals surface area contributed by atoms with Gasteiger partial charge in [-0.2, -0.15) is 0 Å². The third kappa shape index (κ3) is 50.8. The second-order valence-corrected chi connectivity index (χ2v) is 25.3. The zero-order valence-electron chi connectivity index (χ0n) is 54.9. The van der Waals surface area contributed by atoms with Gasteiger partial charge >= 0.3 is 5.97 Å². The molecule has 0 spiro atoms. The molecule has 11 nitrogen and oxygen atoms in total. The largest absolute Gasteiger partial charge is 0.466 e. The maximum Gasteiger partial charge on any atom is 0.305 e. The fourth-order valence-corrected chi connectivity index (χ4v) is 11.5. The van der Waals surface area contributed by atoms with Crippen molar-refractivity contribution in [2.75, 3.05) is 19.8 Å². The Kier molecular flexibility index (Phi) is 59.4. The van der Waals surface area contributed by atoms with Crippen molar-refractivity contribution in [3.63, 3.8) is 0 Å². The van der Waals surface area contributed by atoms with Gasteiger partial charge in [-0.3, -0.25) is 9.59 Å². The first-order valence-corrected chi connectivity index (χ1v) is 36.3. The maximum absolute atomic E-state index is 13.1. The summed E-state index contributed by atoms with van der Waals surface area (Å²) >= 11 is 0. The van der Waals surface area contributed by atoms with Gasteiger partial charge in [0.15, 0.2) is 6.29 Å². The molecule has 11 heteroatoms. The highest BCUT2D eigenvalue weighted by Gasteiger charge is 2.44. The van der Waals surface area contributed by atoms with Crippen molar-refractivity contribution in [1.29, 1.82) is 0 Å². The Hall–Kier alpha value is -2.12. The highest BCUT2D eigenvalue weighted by molar-refractivity contribution is 5.76. The first kappa shape index (κ1) is 79.9. The van der Waals surface area contributed by atoms with Crippen LogP contribution in [0.5, 0.6) is 0 Å². The number of hydrogen-bond donors (Lipinski definition) is 6. The van der Waals surface area contributed by atoms with Crippen molar-refractivity contribution in [3.8, 4) is 0 Å². The van der Waals surface area contributed by atoms with Crippen LogP contribution < -0.4 is 5.32 Å². The van der Waals surface area contributed by atoms with E-state index in [4.69, 9.17) is 14.2 Å². The summed E-state index contributed by atoms with van der Waals surface area (Å²) in [6.07, 6.45) is 69.9. The molecule has 0 bridgehead atoms. The van der Waals surface area contributed by atoms with Gasteiger partial charge in [0.25, 0.3) is 0 Å². The Morgan fingerprint density at radius 2 is 0.774 bits per heavy atom. The number of carbonyl (C=O) groups is 2. The summed E-state index contributed by atoms with van der Waals surface area (Å²) in [7, 11) is 0. The van der Waals surface area contributed by atoms with E-state index in [1.54, 1.807) is 6.08 Å². The van der Waals surface area contributed by atoms with Crippen LogP contribution in [0.4, 0.5) is 0 Å². The number of ether oxygens (including phenoxy) is 3. The second-order valence-electron chi connectivity index (χ2n) is 25.3. The third-order valence-electron chi connectivity index (χ3n) is 17.2. The van der Waals surface area contributed by atoms with E-state index < -0.39 is 49.5 Å². The molecule has 1 fully saturated rings. The first-order valence-electron chi connectivity index (χ1n) is 36.3. The Bertz CT molecular complexity index is 1490. The van der Waals surface area contributed by atoms with Crippen molar-refractivity contribution >= 4 is 11.9 Å². The molecule has 1 aliphatic rings. The number of esters is 1. The second kappa shape index (κ2) is 62.5. The number of amides is 1. The molecular formula is C73H137NO10. The van der Waals surface area contributed by atoms with Crippen LogP contribution >= 0.6 is 0 Å². The molecule has 1 heterocycles. The molecule has 1 rings (SSSR count). The Morgan fingerprint density at radius 1 is 0.429 bits per heavy atom. The van der Waals surface area contributed by atoms with E-state index in [0.717, 1.165) is 57.8 Å². The van der Waals surface area contributed by atoms with Gasteiger partial charge in [0.1, 0.15) is 24.4 Å². The number of nitrogens with one attached hydrogen (secondary N) is 1.